The third-order valence-corrected chi connectivity index (χ3v) is 4.86. The zero-order valence-electron chi connectivity index (χ0n) is 15.6. The first-order valence-electron chi connectivity index (χ1n) is 8.81. The number of methoxy groups -OCH3 is 1. The number of nitrogens with zero attached hydrogens (tertiary/aromatic N) is 1. The SMILES string of the molecule is COC(=O)c1ccc(CNC(=O)C[C@@H]2CC[C@H](CNC(C)=O)N2C)cc1. The Morgan fingerprint density at radius 1 is 1.12 bits per heavy atom. The number of carbonyl (C=O) groups is 3. The molecule has 0 spiro atoms. The van der Waals surface area contributed by atoms with E-state index in [2.05, 4.69) is 20.3 Å². The van der Waals surface area contributed by atoms with Gasteiger partial charge in [-0.15, -0.1) is 0 Å². The normalized spacial score (nSPS) is 19.8. The minimum Gasteiger partial charge on any atom is -0.465 e. The molecule has 1 aromatic carbocycles. The zero-order valence-corrected chi connectivity index (χ0v) is 15.6. The van der Waals surface area contributed by atoms with Gasteiger partial charge in [0.05, 0.1) is 12.7 Å². The number of likely N-dealkylation sites (N-methyl/N-ethyl adjacent to an activating group) is 1. The first kappa shape index (κ1) is 19.9. The predicted octanol–water partition coefficient (Wildman–Crippen LogP) is 1.08. The fourth-order valence-electron chi connectivity index (χ4n) is 3.21. The molecule has 0 aromatic heterocycles. The average Bonchev–Trinajstić information content (AvgIpc) is 2.97. The van der Waals surface area contributed by atoms with Gasteiger partial charge in [0.25, 0.3) is 0 Å². The number of ether oxygens (including phenoxy) is 1. The minimum absolute atomic E-state index is 0.000860. The highest BCUT2D eigenvalue weighted by molar-refractivity contribution is 5.89. The number of esters is 1. The first-order chi connectivity index (χ1) is 12.4. The number of hydrogen-bond acceptors (Lipinski definition) is 5. The molecule has 142 valence electrons. The van der Waals surface area contributed by atoms with E-state index in [0.29, 0.717) is 25.1 Å². The van der Waals surface area contributed by atoms with Crippen LogP contribution in [-0.4, -0.2) is 55.5 Å². The average molecular weight is 361 g/mol. The summed E-state index contributed by atoms with van der Waals surface area (Å²) in [6.07, 6.45) is 2.36. The van der Waals surface area contributed by atoms with Crippen LogP contribution in [0.3, 0.4) is 0 Å². The van der Waals surface area contributed by atoms with E-state index in [4.69, 9.17) is 0 Å². The van der Waals surface area contributed by atoms with Crippen molar-refractivity contribution in [1.29, 1.82) is 0 Å². The first-order valence-corrected chi connectivity index (χ1v) is 8.81. The summed E-state index contributed by atoms with van der Waals surface area (Å²) in [6.45, 7) is 2.56. The molecule has 1 aliphatic heterocycles. The number of hydrogen-bond donors (Lipinski definition) is 2. The molecule has 7 nitrogen and oxygen atoms in total. The molecule has 0 saturated carbocycles. The molecule has 1 aromatic rings. The van der Waals surface area contributed by atoms with Crippen molar-refractivity contribution >= 4 is 17.8 Å². The smallest absolute Gasteiger partial charge is 0.337 e. The van der Waals surface area contributed by atoms with Gasteiger partial charge in [-0.05, 0) is 37.6 Å². The number of amides is 2. The molecule has 0 radical (unpaired) electrons. The van der Waals surface area contributed by atoms with Gasteiger partial charge in [0, 0.05) is 38.5 Å². The monoisotopic (exact) mass is 361 g/mol. The Hall–Kier alpha value is -2.41. The van der Waals surface area contributed by atoms with Crippen LogP contribution in [0.4, 0.5) is 0 Å². The van der Waals surface area contributed by atoms with Crippen molar-refractivity contribution < 1.29 is 19.1 Å². The van der Waals surface area contributed by atoms with Crippen molar-refractivity contribution in [2.24, 2.45) is 0 Å². The lowest BCUT2D eigenvalue weighted by atomic mass is 10.1. The van der Waals surface area contributed by atoms with E-state index in [-0.39, 0.29) is 29.9 Å². The number of benzene rings is 1. The Morgan fingerprint density at radius 3 is 2.38 bits per heavy atom. The summed E-state index contributed by atoms with van der Waals surface area (Å²) >= 11 is 0. The maximum absolute atomic E-state index is 12.2. The molecular weight excluding hydrogens is 334 g/mol. The molecule has 1 saturated heterocycles. The summed E-state index contributed by atoms with van der Waals surface area (Å²) in [5.74, 6) is -0.407. The zero-order chi connectivity index (χ0) is 19.1. The van der Waals surface area contributed by atoms with Crippen molar-refractivity contribution in [2.45, 2.75) is 44.8 Å². The maximum Gasteiger partial charge on any atom is 0.337 e. The van der Waals surface area contributed by atoms with Crippen molar-refractivity contribution in [2.75, 3.05) is 20.7 Å². The summed E-state index contributed by atoms with van der Waals surface area (Å²) in [7, 11) is 3.35. The standard InChI is InChI=1S/C19H27N3O4/c1-13(23)20-12-17-9-8-16(22(17)2)10-18(24)21-11-14-4-6-15(7-5-14)19(25)26-3/h4-7,16-17H,8-12H2,1-3H3,(H,20,23)(H,21,24)/t16-,17+/m0/s1. The largest absolute Gasteiger partial charge is 0.465 e. The quantitative estimate of drug-likeness (QED) is 0.710. The van der Waals surface area contributed by atoms with Crippen LogP contribution >= 0.6 is 0 Å². The van der Waals surface area contributed by atoms with E-state index in [1.54, 1.807) is 24.3 Å². The molecule has 1 fully saturated rings. The second kappa shape index (κ2) is 9.33. The topological polar surface area (TPSA) is 87.7 Å². The van der Waals surface area contributed by atoms with Gasteiger partial charge in [0.1, 0.15) is 0 Å². The van der Waals surface area contributed by atoms with Gasteiger partial charge in [-0.2, -0.15) is 0 Å². The van der Waals surface area contributed by atoms with Crippen molar-refractivity contribution in [1.82, 2.24) is 15.5 Å². The van der Waals surface area contributed by atoms with Crippen molar-refractivity contribution in [3.63, 3.8) is 0 Å². The van der Waals surface area contributed by atoms with E-state index >= 15 is 0 Å². The Balaban J connectivity index is 1.76. The van der Waals surface area contributed by atoms with Crippen LogP contribution in [0.2, 0.25) is 0 Å². The summed E-state index contributed by atoms with van der Waals surface area (Å²) < 4.78 is 4.66. The summed E-state index contributed by atoms with van der Waals surface area (Å²) in [4.78, 5) is 36.9. The van der Waals surface area contributed by atoms with Gasteiger partial charge < -0.3 is 15.4 Å². The van der Waals surface area contributed by atoms with Gasteiger partial charge in [-0.1, -0.05) is 12.1 Å². The van der Waals surface area contributed by atoms with Crippen molar-refractivity contribution in [3.05, 3.63) is 35.4 Å². The molecule has 0 bridgehead atoms. The van der Waals surface area contributed by atoms with Crippen LogP contribution in [0.25, 0.3) is 0 Å². The molecule has 2 rings (SSSR count). The van der Waals surface area contributed by atoms with Gasteiger partial charge >= 0.3 is 5.97 Å². The molecule has 0 unspecified atom stereocenters. The second-order valence-corrected chi connectivity index (χ2v) is 6.66. The van der Waals surface area contributed by atoms with Crippen LogP contribution in [-0.2, 0) is 20.9 Å². The highest BCUT2D eigenvalue weighted by Gasteiger charge is 2.31. The summed E-state index contributed by atoms with van der Waals surface area (Å²) in [6, 6.07) is 7.45. The highest BCUT2D eigenvalue weighted by atomic mass is 16.5. The van der Waals surface area contributed by atoms with Crippen LogP contribution in [0.15, 0.2) is 24.3 Å². The molecule has 1 aliphatic rings. The third-order valence-electron chi connectivity index (χ3n) is 4.86. The molecule has 2 amide bonds. The lowest BCUT2D eigenvalue weighted by molar-refractivity contribution is -0.122. The van der Waals surface area contributed by atoms with Crippen molar-refractivity contribution in [3.8, 4) is 0 Å². The molecule has 7 heteroatoms. The number of likely N-dealkylation sites (tertiary alicyclic amines) is 1. The third kappa shape index (κ3) is 5.56. The predicted molar refractivity (Wildman–Crippen MR) is 97.5 cm³/mol. The lowest BCUT2D eigenvalue weighted by Gasteiger charge is -2.25. The minimum atomic E-state index is -0.376. The fraction of sp³-hybridized carbons (Fsp3) is 0.526. The number of rotatable bonds is 7. The molecular formula is C19H27N3O4. The maximum atomic E-state index is 12.2. The summed E-state index contributed by atoms with van der Waals surface area (Å²) in [5.41, 5.74) is 1.41. The molecule has 26 heavy (non-hydrogen) atoms. The molecule has 2 atom stereocenters. The van der Waals surface area contributed by atoms with Gasteiger partial charge in [-0.3, -0.25) is 14.5 Å². The lowest BCUT2D eigenvalue weighted by Crippen LogP contribution is -2.41. The van der Waals surface area contributed by atoms with E-state index in [9.17, 15) is 14.4 Å². The number of carbonyl (C=O) groups excluding carboxylic acids is 3. The molecule has 0 aliphatic carbocycles. The van der Waals surface area contributed by atoms with Gasteiger partial charge in [-0.25, -0.2) is 4.79 Å². The molecule has 2 N–H and O–H groups in total. The van der Waals surface area contributed by atoms with Crippen LogP contribution in [0.1, 0.15) is 42.1 Å². The Bertz CT molecular complexity index is 645. The van der Waals surface area contributed by atoms with Gasteiger partial charge in [0.15, 0.2) is 0 Å². The van der Waals surface area contributed by atoms with E-state index in [1.165, 1.54) is 14.0 Å². The van der Waals surface area contributed by atoms with Crippen LogP contribution in [0, 0.1) is 0 Å². The fourth-order valence-corrected chi connectivity index (χ4v) is 3.21. The Kier molecular flexibility index (Phi) is 7.15. The van der Waals surface area contributed by atoms with E-state index in [1.807, 2.05) is 7.05 Å². The van der Waals surface area contributed by atoms with E-state index < -0.39 is 0 Å². The Labute approximate surface area is 154 Å². The second-order valence-electron chi connectivity index (χ2n) is 6.66. The highest BCUT2D eigenvalue weighted by Crippen LogP contribution is 2.24. The Morgan fingerprint density at radius 2 is 1.77 bits per heavy atom. The number of nitrogens with one attached hydrogen (secondary N) is 2. The van der Waals surface area contributed by atoms with Crippen LogP contribution in [0.5, 0.6) is 0 Å². The van der Waals surface area contributed by atoms with Gasteiger partial charge in [0.2, 0.25) is 11.8 Å². The van der Waals surface area contributed by atoms with Crippen LogP contribution < -0.4 is 10.6 Å². The molecule has 1 heterocycles. The van der Waals surface area contributed by atoms with E-state index in [0.717, 1.165) is 18.4 Å². The summed E-state index contributed by atoms with van der Waals surface area (Å²) in [5, 5.41) is 5.76.